The average Bonchev–Trinajstić information content (AvgIpc) is 2.89. The largest absolute Gasteiger partial charge is 0.492 e. The molecule has 106 valence electrons. The predicted molar refractivity (Wildman–Crippen MR) is 75.4 cm³/mol. The third-order valence-corrected chi connectivity index (χ3v) is 4.96. The fourth-order valence-electron chi connectivity index (χ4n) is 2.07. The van der Waals surface area contributed by atoms with E-state index >= 15 is 0 Å². The zero-order chi connectivity index (χ0) is 14.2. The highest BCUT2D eigenvalue weighted by Gasteiger charge is 2.25. The van der Waals surface area contributed by atoms with Crippen molar-refractivity contribution in [2.24, 2.45) is 0 Å². The van der Waals surface area contributed by atoms with E-state index in [1.165, 1.54) is 12.3 Å². The monoisotopic (exact) mass is 312 g/mol. The van der Waals surface area contributed by atoms with Gasteiger partial charge in [0.2, 0.25) is 0 Å². The Morgan fingerprint density at radius 2 is 2.25 bits per heavy atom. The van der Waals surface area contributed by atoms with E-state index in [1.54, 1.807) is 6.07 Å². The van der Waals surface area contributed by atoms with Crippen molar-refractivity contribution in [2.75, 3.05) is 17.1 Å². The van der Waals surface area contributed by atoms with Crippen molar-refractivity contribution in [1.82, 2.24) is 9.59 Å². The first-order chi connectivity index (χ1) is 9.56. The molecule has 2 aromatic rings. The summed E-state index contributed by atoms with van der Waals surface area (Å²) in [6, 6.07) is 3.16. The molecule has 0 aliphatic carbocycles. The molecule has 0 unspecified atom stereocenters. The van der Waals surface area contributed by atoms with E-state index in [1.807, 2.05) is 0 Å². The summed E-state index contributed by atoms with van der Waals surface area (Å²) in [4.78, 5) is 0.0561. The number of nitrogens with two attached hydrogens (primary N) is 1. The second kappa shape index (κ2) is 4.91. The topological polar surface area (TPSA) is 107 Å². The van der Waals surface area contributed by atoms with Crippen molar-refractivity contribution in [3.8, 4) is 5.75 Å². The Morgan fingerprint density at radius 3 is 3.00 bits per heavy atom. The summed E-state index contributed by atoms with van der Waals surface area (Å²) in [7, 11) is -3.77. The molecule has 0 spiro atoms. The Labute approximate surface area is 120 Å². The zero-order valence-electron chi connectivity index (χ0n) is 10.4. The molecule has 0 saturated heterocycles. The molecule has 3 N–H and O–H groups in total. The smallest absolute Gasteiger partial charge is 0.266 e. The number of nitrogen functional groups attached to an aromatic ring is 1. The van der Waals surface area contributed by atoms with Crippen LogP contribution in [0.4, 0.5) is 10.7 Å². The van der Waals surface area contributed by atoms with E-state index in [9.17, 15) is 8.42 Å². The fraction of sp³-hybridized carbons (Fsp3) is 0.273. The molecule has 9 heteroatoms. The molecule has 3 rings (SSSR count). The van der Waals surface area contributed by atoms with Gasteiger partial charge in [-0.2, -0.15) is 0 Å². The number of hydrogen-bond acceptors (Lipinski definition) is 7. The molecular weight excluding hydrogens is 300 g/mol. The molecule has 0 atom stereocenters. The molecule has 0 bridgehead atoms. The van der Waals surface area contributed by atoms with Crippen molar-refractivity contribution in [3.05, 3.63) is 23.9 Å². The zero-order valence-corrected chi connectivity index (χ0v) is 12.0. The summed E-state index contributed by atoms with van der Waals surface area (Å²) in [6.07, 6.45) is 2.95. The van der Waals surface area contributed by atoms with Gasteiger partial charge in [0.1, 0.15) is 15.6 Å². The van der Waals surface area contributed by atoms with Gasteiger partial charge in [0.25, 0.3) is 10.0 Å². The van der Waals surface area contributed by atoms with Gasteiger partial charge in [0.05, 0.1) is 12.8 Å². The van der Waals surface area contributed by atoms with Gasteiger partial charge in [-0.15, -0.1) is 5.10 Å². The highest BCUT2D eigenvalue weighted by atomic mass is 32.2. The van der Waals surface area contributed by atoms with Gasteiger partial charge in [-0.05, 0) is 30.5 Å². The minimum atomic E-state index is -3.77. The van der Waals surface area contributed by atoms with Crippen LogP contribution in [0.15, 0.2) is 23.2 Å². The van der Waals surface area contributed by atoms with Crippen LogP contribution < -0.4 is 15.2 Å². The standard InChI is InChI=1S/C11H12N4O3S2/c12-8-4-7-2-1-3-18-11(7)9(5-8)20(16,17)14-10-6-13-15-19-10/h4-6,14H,1-3,12H2. The first-order valence-corrected chi connectivity index (χ1v) is 8.17. The summed E-state index contributed by atoms with van der Waals surface area (Å²) < 4.78 is 36.4. The van der Waals surface area contributed by atoms with E-state index in [4.69, 9.17) is 10.5 Å². The third kappa shape index (κ3) is 2.41. The molecule has 0 radical (unpaired) electrons. The number of aromatic nitrogens is 2. The van der Waals surface area contributed by atoms with Crippen LogP contribution in [0.5, 0.6) is 5.75 Å². The van der Waals surface area contributed by atoms with Gasteiger partial charge in [-0.1, -0.05) is 4.49 Å². The molecule has 1 aromatic carbocycles. The van der Waals surface area contributed by atoms with Crippen molar-refractivity contribution in [2.45, 2.75) is 17.7 Å². The van der Waals surface area contributed by atoms with Crippen molar-refractivity contribution in [3.63, 3.8) is 0 Å². The number of fused-ring (bicyclic) bond motifs is 1. The molecular formula is C11H12N4O3S2. The van der Waals surface area contributed by atoms with Crippen molar-refractivity contribution >= 4 is 32.2 Å². The first-order valence-electron chi connectivity index (χ1n) is 5.91. The number of aryl methyl sites for hydroxylation is 1. The normalized spacial score (nSPS) is 14.4. The van der Waals surface area contributed by atoms with Gasteiger partial charge < -0.3 is 10.5 Å². The number of sulfonamides is 1. The lowest BCUT2D eigenvalue weighted by molar-refractivity contribution is 0.280. The predicted octanol–water partition coefficient (Wildman–Crippen LogP) is 1.25. The number of rotatable bonds is 3. The number of nitrogens with zero attached hydrogens (tertiary/aromatic N) is 2. The van der Waals surface area contributed by atoms with E-state index in [-0.39, 0.29) is 4.90 Å². The number of nitrogens with one attached hydrogen (secondary N) is 1. The Kier molecular flexibility index (Phi) is 3.22. The molecule has 1 aliphatic heterocycles. The van der Waals surface area contributed by atoms with Gasteiger partial charge in [0.15, 0.2) is 0 Å². The quantitative estimate of drug-likeness (QED) is 0.826. The Hall–Kier alpha value is -1.87. The molecule has 2 heterocycles. The summed E-state index contributed by atoms with van der Waals surface area (Å²) >= 11 is 0.963. The van der Waals surface area contributed by atoms with Crippen LogP contribution in [0.1, 0.15) is 12.0 Å². The van der Waals surface area contributed by atoms with E-state index in [0.29, 0.717) is 23.0 Å². The van der Waals surface area contributed by atoms with Crippen LogP contribution in [0.3, 0.4) is 0 Å². The number of hydrogen-bond donors (Lipinski definition) is 2. The molecule has 1 aromatic heterocycles. The van der Waals surface area contributed by atoms with Crippen LogP contribution in [0.2, 0.25) is 0 Å². The van der Waals surface area contributed by atoms with Gasteiger partial charge >= 0.3 is 0 Å². The van der Waals surface area contributed by atoms with Crippen LogP contribution in [0.25, 0.3) is 0 Å². The molecule has 20 heavy (non-hydrogen) atoms. The van der Waals surface area contributed by atoms with Gasteiger partial charge in [-0.3, -0.25) is 4.72 Å². The first kappa shape index (κ1) is 13.1. The lowest BCUT2D eigenvalue weighted by Crippen LogP contribution is -2.18. The maximum absolute atomic E-state index is 12.4. The molecule has 1 aliphatic rings. The lowest BCUT2D eigenvalue weighted by Gasteiger charge is -2.21. The highest BCUT2D eigenvalue weighted by Crippen LogP contribution is 2.35. The average molecular weight is 312 g/mol. The second-order valence-electron chi connectivity index (χ2n) is 4.35. The fourth-order valence-corrected chi connectivity index (χ4v) is 3.98. The maximum atomic E-state index is 12.4. The number of anilines is 2. The lowest BCUT2D eigenvalue weighted by atomic mass is 10.1. The van der Waals surface area contributed by atoms with Crippen molar-refractivity contribution < 1.29 is 13.2 Å². The summed E-state index contributed by atoms with van der Waals surface area (Å²) in [6.45, 7) is 0.502. The van der Waals surface area contributed by atoms with E-state index in [0.717, 1.165) is 29.9 Å². The van der Waals surface area contributed by atoms with Crippen LogP contribution in [-0.4, -0.2) is 24.6 Å². The maximum Gasteiger partial charge on any atom is 0.266 e. The minimum absolute atomic E-state index is 0.0561. The highest BCUT2D eigenvalue weighted by molar-refractivity contribution is 7.93. The Bertz CT molecular complexity index is 728. The number of ether oxygens (including phenoxy) is 1. The molecule has 0 amide bonds. The summed E-state index contributed by atoms with van der Waals surface area (Å²) in [5, 5.41) is 3.94. The van der Waals surface area contributed by atoms with E-state index in [2.05, 4.69) is 14.3 Å². The van der Waals surface area contributed by atoms with Crippen molar-refractivity contribution in [1.29, 1.82) is 0 Å². The number of benzene rings is 1. The molecule has 0 fully saturated rings. The summed E-state index contributed by atoms with van der Waals surface area (Å²) in [5.74, 6) is 0.385. The Balaban J connectivity index is 2.07. The SMILES string of the molecule is Nc1cc2c(c(S(=O)(=O)Nc3cnns3)c1)OCCC2. The van der Waals surface area contributed by atoms with E-state index < -0.39 is 10.0 Å². The van der Waals surface area contributed by atoms with Crippen LogP contribution >= 0.6 is 11.5 Å². The van der Waals surface area contributed by atoms with Gasteiger partial charge in [-0.25, -0.2) is 8.42 Å². The van der Waals surface area contributed by atoms with Gasteiger partial charge in [0, 0.05) is 17.2 Å². The van der Waals surface area contributed by atoms with Crippen LogP contribution in [0, 0.1) is 0 Å². The summed E-state index contributed by atoms with van der Waals surface area (Å²) in [5.41, 5.74) is 7.00. The minimum Gasteiger partial charge on any atom is -0.492 e. The third-order valence-electron chi connectivity index (χ3n) is 2.88. The Morgan fingerprint density at radius 1 is 1.40 bits per heavy atom. The molecule has 7 nitrogen and oxygen atoms in total. The second-order valence-corrected chi connectivity index (χ2v) is 6.78. The van der Waals surface area contributed by atoms with Crippen LogP contribution in [-0.2, 0) is 16.4 Å². The molecule has 0 saturated carbocycles.